The first-order valence-electron chi connectivity index (χ1n) is 4.81. The van der Waals surface area contributed by atoms with Crippen LogP contribution in [0.4, 0.5) is 5.69 Å². The van der Waals surface area contributed by atoms with Gasteiger partial charge in [0.05, 0.1) is 23.8 Å². The van der Waals surface area contributed by atoms with Gasteiger partial charge in [-0.2, -0.15) is 0 Å². The van der Waals surface area contributed by atoms with Gasteiger partial charge in [0.25, 0.3) is 0 Å². The summed E-state index contributed by atoms with van der Waals surface area (Å²) in [6.45, 7) is 0. The topological polar surface area (TPSA) is 83.1 Å². The minimum atomic E-state index is -0.487. The van der Waals surface area contributed by atoms with E-state index in [1.165, 1.54) is 17.9 Å². The van der Waals surface area contributed by atoms with Crippen LogP contribution in [0, 0.1) is 10.1 Å². The quantitative estimate of drug-likeness (QED) is 0.592. The minimum absolute atomic E-state index is 0.0874. The minimum Gasteiger partial charge on any atom is -0.490 e. The molecule has 88 valence electrons. The second-order valence-electron chi connectivity index (χ2n) is 3.39. The molecule has 1 aromatic heterocycles. The Labute approximate surface area is 96.8 Å². The molecule has 0 aliphatic carbocycles. The molecule has 0 saturated carbocycles. The van der Waals surface area contributed by atoms with Gasteiger partial charge in [0, 0.05) is 13.1 Å². The standard InChI is InChI=1S/C10H10N4O3/c1-13-6-8(11-12-13)7-4-3-5-9(14(15)16)10(7)17-2/h3-6H,1-2H3. The molecule has 1 aromatic carbocycles. The number of hydrogen-bond acceptors (Lipinski definition) is 5. The average Bonchev–Trinajstić information content (AvgIpc) is 2.74. The Morgan fingerprint density at radius 3 is 2.76 bits per heavy atom. The summed E-state index contributed by atoms with van der Waals surface area (Å²) in [6.07, 6.45) is 1.67. The number of aryl methyl sites for hydroxylation is 1. The van der Waals surface area contributed by atoms with Gasteiger partial charge in [0.1, 0.15) is 5.69 Å². The summed E-state index contributed by atoms with van der Waals surface area (Å²) in [5.74, 6) is 0.193. The summed E-state index contributed by atoms with van der Waals surface area (Å²) in [7, 11) is 3.11. The van der Waals surface area contributed by atoms with E-state index >= 15 is 0 Å². The van der Waals surface area contributed by atoms with Gasteiger partial charge in [-0.3, -0.25) is 14.8 Å². The molecule has 2 aromatic rings. The van der Waals surface area contributed by atoms with Crippen LogP contribution < -0.4 is 4.74 Å². The smallest absolute Gasteiger partial charge is 0.311 e. The summed E-state index contributed by atoms with van der Waals surface area (Å²) in [5, 5.41) is 18.5. The lowest BCUT2D eigenvalue weighted by molar-refractivity contribution is -0.385. The maximum absolute atomic E-state index is 10.9. The first kappa shape index (κ1) is 11.1. The number of nitro groups is 1. The van der Waals surface area contributed by atoms with E-state index in [9.17, 15) is 10.1 Å². The molecule has 0 unspecified atom stereocenters. The third-order valence-corrected chi connectivity index (χ3v) is 2.27. The van der Waals surface area contributed by atoms with E-state index in [2.05, 4.69) is 10.3 Å². The molecule has 2 rings (SSSR count). The molecule has 1 heterocycles. The second kappa shape index (κ2) is 4.20. The lowest BCUT2D eigenvalue weighted by Gasteiger charge is -2.05. The van der Waals surface area contributed by atoms with Gasteiger partial charge >= 0.3 is 5.69 Å². The second-order valence-corrected chi connectivity index (χ2v) is 3.39. The van der Waals surface area contributed by atoms with Crippen molar-refractivity contribution in [3.8, 4) is 17.0 Å². The molecule has 0 N–H and O–H groups in total. The Morgan fingerprint density at radius 1 is 1.47 bits per heavy atom. The van der Waals surface area contributed by atoms with E-state index in [1.807, 2.05) is 0 Å². The molecule has 0 radical (unpaired) electrons. The van der Waals surface area contributed by atoms with Gasteiger partial charge in [-0.1, -0.05) is 11.3 Å². The van der Waals surface area contributed by atoms with Crippen LogP contribution in [-0.2, 0) is 7.05 Å². The van der Waals surface area contributed by atoms with Crippen molar-refractivity contribution in [3.05, 3.63) is 34.5 Å². The van der Waals surface area contributed by atoms with Crippen LogP contribution in [0.3, 0.4) is 0 Å². The maximum Gasteiger partial charge on any atom is 0.311 e. The summed E-state index contributed by atoms with van der Waals surface area (Å²) in [4.78, 5) is 10.4. The van der Waals surface area contributed by atoms with Crippen LogP contribution in [0.2, 0.25) is 0 Å². The molecule has 0 amide bonds. The monoisotopic (exact) mass is 234 g/mol. The Bertz CT molecular complexity index is 564. The number of methoxy groups -OCH3 is 1. The number of ether oxygens (including phenoxy) is 1. The molecule has 0 aliphatic heterocycles. The number of nitro benzene ring substituents is 1. The van der Waals surface area contributed by atoms with Crippen molar-refractivity contribution in [1.82, 2.24) is 15.0 Å². The lowest BCUT2D eigenvalue weighted by atomic mass is 10.1. The summed E-state index contributed by atoms with van der Waals surface area (Å²) in [6, 6.07) is 4.68. The van der Waals surface area contributed by atoms with E-state index in [1.54, 1.807) is 25.4 Å². The fourth-order valence-electron chi connectivity index (χ4n) is 1.56. The van der Waals surface area contributed by atoms with Crippen molar-refractivity contribution in [1.29, 1.82) is 0 Å². The molecular formula is C10H10N4O3. The fourth-order valence-corrected chi connectivity index (χ4v) is 1.56. The first-order valence-corrected chi connectivity index (χ1v) is 4.81. The number of aromatic nitrogens is 3. The van der Waals surface area contributed by atoms with Crippen molar-refractivity contribution >= 4 is 5.69 Å². The number of para-hydroxylation sites is 1. The molecule has 0 bridgehead atoms. The highest BCUT2D eigenvalue weighted by atomic mass is 16.6. The molecule has 0 atom stereocenters. The summed E-state index contributed by atoms with van der Waals surface area (Å²) >= 11 is 0. The van der Waals surface area contributed by atoms with Gasteiger partial charge in [0.15, 0.2) is 0 Å². The average molecular weight is 234 g/mol. The van der Waals surface area contributed by atoms with Crippen LogP contribution in [0.1, 0.15) is 0 Å². The first-order chi connectivity index (χ1) is 8.13. The number of rotatable bonds is 3. The number of hydrogen-bond donors (Lipinski definition) is 0. The third kappa shape index (κ3) is 1.94. The zero-order chi connectivity index (χ0) is 12.4. The highest BCUT2D eigenvalue weighted by molar-refractivity contribution is 5.72. The van der Waals surface area contributed by atoms with Gasteiger partial charge in [0.2, 0.25) is 5.75 Å². The Morgan fingerprint density at radius 2 is 2.24 bits per heavy atom. The van der Waals surface area contributed by atoms with E-state index in [-0.39, 0.29) is 11.4 Å². The highest BCUT2D eigenvalue weighted by Gasteiger charge is 2.20. The molecular weight excluding hydrogens is 224 g/mol. The molecule has 0 saturated heterocycles. The van der Waals surface area contributed by atoms with E-state index < -0.39 is 4.92 Å². The molecule has 0 fully saturated rings. The van der Waals surface area contributed by atoms with Crippen LogP contribution in [0.25, 0.3) is 11.3 Å². The molecule has 0 spiro atoms. The van der Waals surface area contributed by atoms with E-state index in [0.717, 1.165) is 0 Å². The van der Waals surface area contributed by atoms with Gasteiger partial charge in [-0.05, 0) is 6.07 Å². The van der Waals surface area contributed by atoms with Crippen LogP contribution in [0.15, 0.2) is 24.4 Å². The van der Waals surface area contributed by atoms with Gasteiger partial charge in [-0.15, -0.1) is 5.10 Å². The molecule has 7 heteroatoms. The fraction of sp³-hybridized carbons (Fsp3) is 0.200. The van der Waals surface area contributed by atoms with Crippen molar-refractivity contribution < 1.29 is 9.66 Å². The zero-order valence-electron chi connectivity index (χ0n) is 9.32. The third-order valence-electron chi connectivity index (χ3n) is 2.27. The molecule has 0 aliphatic rings. The van der Waals surface area contributed by atoms with Crippen molar-refractivity contribution in [2.24, 2.45) is 7.05 Å². The zero-order valence-corrected chi connectivity index (χ0v) is 9.32. The molecule has 7 nitrogen and oxygen atoms in total. The largest absolute Gasteiger partial charge is 0.490 e. The number of nitrogens with zero attached hydrogens (tertiary/aromatic N) is 4. The van der Waals surface area contributed by atoms with Gasteiger partial charge in [-0.25, -0.2) is 0 Å². The summed E-state index contributed by atoms with van der Waals surface area (Å²) < 4.78 is 6.60. The number of benzene rings is 1. The predicted octanol–water partition coefficient (Wildman–Crippen LogP) is 1.40. The van der Waals surface area contributed by atoms with Crippen molar-refractivity contribution in [2.75, 3.05) is 7.11 Å². The van der Waals surface area contributed by atoms with Crippen LogP contribution in [-0.4, -0.2) is 27.0 Å². The van der Waals surface area contributed by atoms with Gasteiger partial charge < -0.3 is 4.74 Å². The Balaban J connectivity index is 2.61. The lowest BCUT2D eigenvalue weighted by Crippen LogP contribution is -1.95. The molecule has 17 heavy (non-hydrogen) atoms. The van der Waals surface area contributed by atoms with Crippen molar-refractivity contribution in [2.45, 2.75) is 0 Å². The SMILES string of the molecule is COc1c(-c2cn(C)nn2)cccc1[N+](=O)[O-]. The van der Waals surface area contributed by atoms with E-state index in [0.29, 0.717) is 11.3 Å². The van der Waals surface area contributed by atoms with Crippen molar-refractivity contribution in [3.63, 3.8) is 0 Å². The normalized spacial score (nSPS) is 10.2. The van der Waals surface area contributed by atoms with E-state index in [4.69, 9.17) is 4.74 Å². The highest BCUT2D eigenvalue weighted by Crippen LogP contribution is 2.36. The predicted molar refractivity (Wildman–Crippen MR) is 59.6 cm³/mol. The summed E-state index contributed by atoms with van der Waals surface area (Å²) in [5.41, 5.74) is 0.999. The maximum atomic E-state index is 10.9. The Hall–Kier alpha value is -2.44. The Kier molecular flexibility index (Phi) is 2.73. The van der Waals surface area contributed by atoms with Crippen LogP contribution in [0.5, 0.6) is 5.75 Å². The van der Waals surface area contributed by atoms with Crippen LogP contribution >= 0.6 is 0 Å².